The topological polar surface area (TPSA) is 89.4 Å². The minimum atomic E-state index is -0.646. The second-order valence-electron chi connectivity index (χ2n) is 5.08. The average molecular weight is 251 g/mol. The lowest BCUT2D eigenvalue weighted by Gasteiger charge is -2.37. The maximum absolute atomic E-state index is 12.2. The number of hydrogen-bond acceptors (Lipinski definition) is 4. The van der Waals surface area contributed by atoms with E-state index in [2.05, 4.69) is 5.16 Å². The van der Waals surface area contributed by atoms with Crippen LogP contribution in [0.25, 0.3) is 0 Å². The molecule has 6 nitrogen and oxygen atoms in total. The Bertz CT molecular complexity index is 483. The molecule has 1 aliphatic rings. The van der Waals surface area contributed by atoms with Crippen molar-refractivity contribution in [3.05, 3.63) is 17.5 Å². The first-order chi connectivity index (χ1) is 8.42. The number of rotatable bonds is 2. The van der Waals surface area contributed by atoms with Gasteiger partial charge in [-0.15, -0.1) is 0 Å². The van der Waals surface area contributed by atoms with Crippen molar-refractivity contribution in [1.29, 1.82) is 0 Å². The molecule has 1 saturated heterocycles. The van der Waals surface area contributed by atoms with Crippen LogP contribution in [-0.2, 0) is 4.79 Å². The molecule has 2 amide bonds. The minimum Gasteiger partial charge on any atom is -0.369 e. The molecule has 2 N–H and O–H groups in total. The zero-order chi connectivity index (χ0) is 13.3. The first-order valence-electron chi connectivity index (χ1n) is 5.95. The fourth-order valence-corrected chi connectivity index (χ4v) is 2.24. The summed E-state index contributed by atoms with van der Waals surface area (Å²) >= 11 is 0. The molecule has 1 aliphatic heterocycles. The SMILES string of the molecule is Cc1cc(C(=O)N2CCCC(C)(C(N)=O)C2)no1. The summed E-state index contributed by atoms with van der Waals surface area (Å²) in [6.07, 6.45) is 1.48. The summed E-state index contributed by atoms with van der Waals surface area (Å²) in [5.41, 5.74) is 5.03. The van der Waals surface area contributed by atoms with Crippen molar-refractivity contribution in [2.24, 2.45) is 11.1 Å². The Morgan fingerprint density at radius 2 is 2.28 bits per heavy atom. The highest BCUT2D eigenvalue weighted by atomic mass is 16.5. The molecular formula is C12H17N3O3. The first-order valence-corrected chi connectivity index (χ1v) is 5.95. The number of nitrogens with two attached hydrogens (primary N) is 1. The van der Waals surface area contributed by atoms with Gasteiger partial charge in [0.15, 0.2) is 5.69 Å². The Labute approximate surface area is 105 Å². The Hall–Kier alpha value is -1.85. The van der Waals surface area contributed by atoms with Gasteiger partial charge in [0.05, 0.1) is 5.41 Å². The zero-order valence-corrected chi connectivity index (χ0v) is 10.6. The summed E-state index contributed by atoms with van der Waals surface area (Å²) < 4.78 is 4.89. The molecule has 2 rings (SSSR count). The van der Waals surface area contributed by atoms with Gasteiger partial charge in [-0.1, -0.05) is 5.16 Å². The summed E-state index contributed by atoms with van der Waals surface area (Å²) in [5.74, 6) is 0.0170. The Balaban J connectivity index is 2.14. The van der Waals surface area contributed by atoms with E-state index in [0.717, 1.165) is 6.42 Å². The van der Waals surface area contributed by atoms with E-state index >= 15 is 0 Å². The summed E-state index contributed by atoms with van der Waals surface area (Å²) in [5, 5.41) is 3.70. The van der Waals surface area contributed by atoms with Gasteiger partial charge >= 0.3 is 0 Å². The highest BCUT2D eigenvalue weighted by molar-refractivity contribution is 5.93. The maximum atomic E-state index is 12.2. The van der Waals surface area contributed by atoms with Crippen molar-refractivity contribution < 1.29 is 14.1 Å². The van der Waals surface area contributed by atoms with Crippen LogP contribution >= 0.6 is 0 Å². The van der Waals surface area contributed by atoms with Crippen molar-refractivity contribution in [3.63, 3.8) is 0 Å². The summed E-state index contributed by atoms with van der Waals surface area (Å²) in [7, 11) is 0. The molecule has 0 bridgehead atoms. The number of aryl methyl sites for hydroxylation is 1. The van der Waals surface area contributed by atoms with Gasteiger partial charge in [0, 0.05) is 19.2 Å². The Kier molecular flexibility index (Phi) is 3.11. The molecule has 1 unspecified atom stereocenters. The molecule has 0 aliphatic carbocycles. The van der Waals surface area contributed by atoms with Crippen LogP contribution in [0.15, 0.2) is 10.6 Å². The van der Waals surface area contributed by atoms with Crippen LogP contribution in [0.2, 0.25) is 0 Å². The quantitative estimate of drug-likeness (QED) is 0.838. The minimum absolute atomic E-state index is 0.209. The number of hydrogen-bond donors (Lipinski definition) is 1. The summed E-state index contributed by atoms with van der Waals surface area (Å²) in [4.78, 5) is 25.2. The van der Waals surface area contributed by atoms with E-state index in [0.29, 0.717) is 25.3 Å². The molecule has 1 aromatic rings. The number of aromatic nitrogens is 1. The van der Waals surface area contributed by atoms with Gasteiger partial charge in [0.2, 0.25) is 5.91 Å². The van der Waals surface area contributed by atoms with Crippen molar-refractivity contribution in [1.82, 2.24) is 10.1 Å². The van der Waals surface area contributed by atoms with Gasteiger partial charge in [0.1, 0.15) is 5.76 Å². The van der Waals surface area contributed by atoms with Gasteiger partial charge < -0.3 is 15.2 Å². The van der Waals surface area contributed by atoms with Crippen molar-refractivity contribution in [2.75, 3.05) is 13.1 Å². The van der Waals surface area contributed by atoms with Crippen LogP contribution in [0, 0.1) is 12.3 Å². The highest BCUT2D eigenvalue weighted by Gasteiger charge is 2.38. The van der Waals surface area contributed by atoms with Crippen LogP contribution in [-0.4, -0.2) is 35.0 Å². The molecule has 1 fully saturated rings. The second kappa shape index (κ2) is 4.44. The van der Waals surface area contributed by atoms with Crippen molar-refractivity contribution >= 4 is 11.8 Å². The molecule has 18 heavy (non-hydrogen) atoms. The number of primary amides is 1. The number of amides is 2. The van der Waals surface area contributed by atoms with E-state index in [4.69, 9.17) is 10.3 Å². The largest absolute Gasteiger partial charge is 0.369 e. The lowest BCUT2D eigenvalue weighted by Crippen LogP contribution is -2.50. The van der Waals surface area contributed by atoms with Gasteiger partial charge in [-0.25, -0.2) is 0 Å². The van der Waals surface area contributed by atoms with E-state index in [1.165, 1.54) is 0 Å². The van der Waals surface area contributed by atoms with Gasteiger partial charge in [0.25, 0.3) is 5.91 Å². The van der Waals surface area contributed by atoms with Gasteiger partial charge in [-0.2, -0.15) is 0 Å². The van der Waals surface area contributed by atoms with Crippen LogP contribution in [0.5, 0.6) is 0 Å². The monoisotopic (exact) mass is 251 g/mol. The predicted molar refractivity (Wildman–Crippen MR) is 63.7 cm³/mol. The molecule has 98 valence electrons. The second-order valence-corrected chi connectivity index (χ2v) is 5.08. The van der Waals surface area contributed by atoms with Crippen LogP contribution in [0.1, 0.15) is 36.0 Å². The van der Waals surface area contributed by atoms with Crippen molar-refractivity contribution in [3.8, 4) is 0 Å². The Morgan fingerprint density at radius 3 is 2.83 bits per heavy atom. The predicted octanol–water partition coefficient (Wildman–Crippen LogP) is 0.711. The van der Waals surface area contributed by atoms with E-state index in [1.54, 1.807) is 24.8 Å². The van der Waals surface area contributed by atoms with E-state index in [9.17, 15) is 9.59 Å². The molecule has 1 atom stereocenters. The molecule has 1 aromatic heterocycles. The first kappa shape index (κ1) is 12.6. The van der Waals surface area contributed by atoms with E-state index in [-0.39, 0.29) is 17.5 Å². The van der Waals surface area contributed by atoms with Crippen molar-refractivity contribution in [2.45, 2.75) is 26.7 Å². The molecule has 2 heterocycles. The number of carbonyl (C=O) groups is 2. The van der Waals surface area contributed by atoms with Crippen LogP contribution in [0.3, 0.4) is 0 Å². The zero-order valence-electron chi connectivity index (χ0n) is 10.6. The van der Waals surface area contributed by atoms with Gasteiger partial charge in [-0.3, -0.25) is 9.59 Å². The van der Waals surface area contributed by atoms with Crippen LogP contribution < -0.4 is 5.73 Å². The third kappa shape index (κ3) is 2.23. The molecule has 6 heteroatoms. The number of nitrogens with zero attached hydrogens (tertiary/aromatic N) is 2. The van der Waals surface area contributed by atoms with E-state index < -0.39 is 5.41 Å². The fourth-order valence-electron chi connectivity index (χ4n) is 2.24. The number of piperidine rings is 1. The third-order valence-corrected chi connectivity index (χ3v) is 3.43. The number of carbonyl (C=O) groups excluding carboxylic acids is 2. The summed E-state index contributed by atoms with van der Waals surface area (Å²) in [6, 6.07) is 1.60. The average Bonchev–Trinajstić information content (AvgIpc) is 2.75. The smallest absolute Gasteiger partial charge is 0.276 e. The molecular weight excluding hydrogens is 234 g/mol. The Morgan fingerprint density at radius 1 is 1.56 bits per heavy atom. The van der Waals surface area contributed by atoms with E-state index in [1.807, 2.05) is 0 Å². The lowest BCUT2D eigenvalue weighted by atomic mass is 9.81. The standard InChI is InChI=1S/C12H17N3O3/c1-8-6-9(14-18-8)10(16)15-5-3-4-12(2,7-15)11(13)17/h6H,3-5,7H2,1-2H3,(H2,13,17). The normalized spacial score (nSPS) is 24.0. The van der Waals surface area contributed by atoms with Gasteiger partial charge in [-0.05, 0) is 26.7 Å². The molecule has 0 aromatic carbocycles. The number of likely N-dealkylation sites (tertiary alicyclic amines) is 1. The van der Waals surface area contributed by atoms with Crippen LogP contribution in [0.4, 0.5) is 0 Å². The third-order valence-electron chi connectivity index (χ3n) is 3.43. The molecule has 0 saturated carbocycles. The lowest BCUT2D eigenvalue weighted by molar-refractivity contribution is -0.129. The molecule has 0 radical (unpaired) electrons. The summed E-state index contributed by atoms with van der Waals surface area (Å²) in [6.45, 7) is 4.48. The molecule has 0 spiro atoms. The highest BCUT2D eigenvalue weighted by Crippen LogP contribution is 2.29. The maximum Gasteiger partial charge on any atom is 0.276 e. The fraction of sp³-hybridized carbons (Fsp3) is 0.583.